The molecule has 0 saturated carbocycles. The second-order valence-corrected chi connectivity index (χ2v) is 3.39. The topological polar surface area (TPSA) is 41.5 Å². The lowest BCUT2D eigenvalue weighted by Crippen LogP contribution is -2.50. The minimum absolute atomic E-state index is 0.210. The molecular formula is C8H17NO2. The Balaban J connectivity index is 2.04. The Hall–Kier alpha value is -0.120. The molecule has 11 heavy (non-hydrogen) atoms. The molecule has 0 aliphatic carbocycles. The molecule has 2 atom stereocenters. The van der Waals surface area contributed by atoms with Crippen molar-refractivity contribution in [3.63, 3.8) is 0 Å². The van der Waals surface area contributed by atoms with Gasteiger partial charge < -0.3 is 15.2 Å². The van der Waals surface area contributed by atoms with Crippen molar-refractivity contribution in [3.05, 3.63) is 0 Å². The average Bonchev–Trinajstić information content (AvgIpc) is 1.77. The smallest absolute Gasteiger partial charge is 0.0643 e. The molecule has 1 rings (SSSR count). The number of aliphatic hydroxyl groups excluding tert-OH is 1. The summed E-state index contributed by atoms with van der Waals surface area (Å²) in [5.74, 6) is 0. The van der Waals surface area contributed by atoms with Gasteiger partial charge in [0.25, 0.3) is 0 Å². The van der Waals surface area contributed by atoms with Gasteiger partial charge in [-0.3, -0.25) is 0 Å². The summed E-state index contributed by atoms with van der Waals surface area (Å²) in [6.07, 6.45) is 0.606. The maximum atomic E-state index is 9.06. The van der Waals surface area contributed by atoms with Crippen LogP contribution in [0, 0.1) is 0 Å². The van der Waals surface area contributed by atoms with Crippen molar-refractivity contribution in [1.29, 1.82) is 0 Å². The molecule has 1 saturated heterocycles. The second-order valence-electron chi connectivity index (χ2n) is 3.39. The van der Waals surface area contributed by atoms with Crippen LogP contribution in [0.25, 0.3) is 0 Å². The number of hydrogen-bond acceptors (Lipinski definition) is 3. The first-order chi connectivity index (χ1) is 5.18. The summed E-state index contributed by atoms with van der Waals surface area (Å²) in [4.78, 5) is 0. The van der Waals surface area contributed by atoms with Crippen molar-refractivity contribution >= 4 is 0 Å². The lowest BCUT2D eigenvalue weighted by Gasteiger charge is -2.30. The first kappa shape index (κ1) is 8.97. The van der Waals surface area contributed by atoms with Crippen LogP contribution in [0.4, 0.5) is 0 Å². The molecule has 0 bridgehead atoms. The molecule has 0 aromatic rings. The molecule has 0 aromatic heterocycles. The maximum absolute atomic E-state index is 9.06. The van der Waals surface area contributed by atoms with Gasteiger partial charge in [0.15, 0.2) is 0 Å². The summed E-state index contributed by atoms with van der Waals surface area (Å²) in [6, 6.07) is 0.910. The molecule has 2 unspecified atom stereocenters. The Bertz CT molecular complexity index is 113. The van der Waals surface area contributed by atoms with Crippen molar-refractivity contribution < 1.29 is 9.84 Å². The molecular weight excluding hydrogens is 142 g/mol. The van der Waals surface area contributed by atoms with Gasteiger partial charge in [-0.15, -0.1) is 0 Å². The molecule has 3 nitrogen and oxygen atoms in total. The Morgan fingerprint density at radius 2 is 2.18 bits per heavy atom. The van der Waals surface area contributed by atoms with Crippen molar-refractivity contribution in [2.75, 3.05) is 13.2 Å². The Morgan fingerprint density at radius 3 is 2.55 bits per heavy atom. The fourth-order valence-corrected chi connectivity index (χ4v) is 1.31. The zero-order valence-electron chi connectivity index (χ0n) is 7.21. The lowest BCUT2D eigenvalue weighted by molar-refractivity contribution is -0.0113. The van der Waals surface area contributed by atoms with Crippen LogP contribution in [0.2, 0.25) is 0 Å². The molecule has 1 aliphatic heterocycles. The van der Waals surface area contributed by atoms with Gasteiger partial charge in [0, 0.05) is 6.04 Å². The highest BCUT2D eigenvalue weighted by Gasteiger charge is 2.20. The van der Waals surface area contributed by atoms with Gasteiger partial charge in [-0.25, -0.2) is 0 Å². The second kappa shape index (κ2) is 4.04. The van der Waals surface area contributed by atoms with E-state index in [0.717, 1.165) is 19.6 Å². The van der Waals surface area contributed by atoms with Gasteiger partial charge in [0.1, 0.15) is 0 Å². The third-order valence-corrected chi connectivity index (χ3v) is 1.85. The highest BCUT2D eigenvalue weighted by molar-refractivity contribution is 4.77. The van der Waals surface area contributed by atoms with Crippen LogP contribution >= 0.6 is 0 Å². The Labute approximate surface area is 67.7 Å². The summed E-state index contributed by atoms with van der Waals surface area (Å²) in [5, 5.41) is 12.4. The van der Waals surface area contributed by atoms with Crippen LogP contribution in [0.15, 0.2) is 0 Å². The van der Waals surface area contributed by atoms with Crippen LogP contribution in [0.5, 0.6) is 0 Å². The Kier molecular flexibility index (Phi) is 3.30. The third-order valence-electron chi connectivity index (χ3n) is 1.85. The number of hydrogen-bond donors (Lipinski definition) is 2. The van der Waals surface area contributed by atoms with Gasteiger partial charge in [0.2, 0.25) is 0 Å². The van der Waals surface area contributed by atoms with E-state index >= 15 is 0 Å². The van der Waals surface area contributed by atoms with E-state index < -0.39 is 0 Å². The minimum Gasteiger partial charge on any atom is -0.393 e. The number of aliphatic hydroxyl groups is 1. The van der Waals surface area contributed by atoms with E-state index in [4.69, 9.17) is 9.84 Å². The molecule has 0 aromatic carbocycles. The third kappa shape index (κ3) is 3.18. The van der Waals surface area contributed by atoms with E-state index in [1.54, 1.807) is 0 Å². The highest BCUT2D eigenvalue weighted by atomic mass is 16.5. The van der Waals surface area contributed by atoms with E-state index in [0.29, 0.717) is 12.1 Å². The molecule has 1 aliphatic rings. The van der Waals surface area contributed by atoms with E-state index in [2.05, 4.69) is 12.2 Å². The van der Waals surface area contributed by atoms with Crippen LogP contribution in [-0.4, -0.2) is 36.5 Å². The maximum Gasteiger partial charge on any atom is 0.0643 e. The summed E-state index contributed by atoms with van der Waals surface area (Å²) < 4.78 is 5.02. The summed E-state index contributed by atoms with van der Waals surface area (Å²) in [5.41, 5.74) is 0. The summed E-state index contributed by atoms with van der Waals surface area (Å²) in [6.45, 7) is 5.55. The fraction of sp³-hybridized carbons (Fsp3) is 1.00. The first-order valence-corrected chi connectivity index (χ1v) is 4.20. The van der Waals surface area contributed by atoms with Crippen molar-refractivity contribution in [3.8, 4) is 0 Å². The zero-order chi connectivity index (χ0) is 8.27. The number of rotatable bonds is 4. The van der Waals surface area contributed by atoms with Gasteiger partial charge in [0.05, 0.1) is 25.4 Å². The largest absolute Gasteiger partial charge is 0.393 e. The normalized spacial score (nSPS) is 24.3. The predicted molar refractivity (Wildman–Crippen MR) is 43.5 cm³/mol. The highest BCUT2D eigenvalue weighted by Crippen LogP contribution is 2.04. The predicted octanol–water partition coefficient (Wildman–Crippen LogP) is 0.134. The van der Waals surface area contributed by atoms with Crippen molar-refractivity contribution in [2.45, 2.75) is 38.5 Å². The number of nitrogens with one attached hydrogen (secondary N) is 1. The first-order valence-electron chi connectivity index (χ1n) is 4.20. The van der Waals surface area contributed by atoms with Gasteiger partial charge in [-0.2, -0.15) is 0 Å². The summed E-state index contributed by atoms with van der Waals surface area (Å²) in [7, 11) is 0. The standard InChI is InChI=1S/C8H17NO2/c1-6(3-7(2)10)9-8-4-11-5-8/h6-10H,3-5H2,1-2H3. The molecule has 1 fully saturated rings. The monoisotopic (exact) mass is 159 g/mol. The molecule has 1 heterocycles. The zero-order valence-corrected chi connectivity index (χ0v) is 7.21. The van der Waals surface area contributed by atoms with Crippen LogP contribution in [0.1, 0.15) is 20.3 Å². The van der Waals surface area contributed by atoms with Gasteiger partial charge >= 0.3 is 0 Å². The molecule has 0 radical (unpaired) electrons. The van der Waals surface area contributed by atoms with Crippen LogP contribution < -0.4 is 5.32 Å². The SMILES string of the molecule is CC(O)CC(C)NC1COC1. The lowest BCUT2D eigenvalue weighted by atomic mass is 10.1. The molecule has 3 heteroatoms. The molecule has 0 amide bonds. The van der Waals surface area contributed by atoms with E-state index in [1.165, 1.54) is 0 Å². The minimum atomic E-state index is -0.210. The van der Waals surface area contributed by atoms with Gasteiger partial charge in [-0.05, 0) is 20.3 Å². The summed E-state index contributed by atoms with van der Waals surface area (Å²) >= 11 is 0. The molecule has 2 N–H and O–H groups in total. The van der Waals surface area contributed by atoms with E-state index in [9.17, 15) is 0 Å². The fourth-order valence-electron chi connectivity index (χ4n) is 1.31. The Morgan fingerprint density at radius 1 is 1.55 bits per heavy atom. The van der Waals surface area contributed by atoms with Gasteiger partial charge in [-0.1, -0.05) is 0 Å². The van der Waals surface area contributed by atoms with E-state index in [-0.39, 0.29) is 6.10 Å². The average molecular weight is 159 g/mol. The van der Waals surface area contributed by atoms with Crippen molar-refractivity contribution in [2.24, 2.45) is 0 Å². The van der Waals surface area contributed by atoms with Crippen LogP contribution in [-0.2, 0) is 4.74 Å². The molecule has 0 spiro atoms. The van der Waals surface area contributed by atoms with E-state index in [1.807, 2.05) is 6.92 Å². The number of ether oxygens (including phenoxy) is 1. The molecule has 66 valence electrons. The van der Waals surface area contributed by atoms with Crippen molar-refractivity contribution in [1.82, 2.24) is 5.32 Å². The quantitative estimate of drug-likeness (QED) is 0.613. The van der Waals surface area contributed by atoms with Crippen LogP contribution in [0.3, 0.4) is 0 Å².